The molecule has 12 heteroatoms. The minimum atomic E-state index is -3.93. The molecule has 1 aromatic carbocycles. The standard InChI is InChI=1S/C26H26F3N3O5S/c1-13-8-14(9-22(33)26(13,2)35)16-6-7-30-12-21(16)32-25(34)20-5-4-17(27)24(31-20)23-18(28)10-15(11-19(23)29)38(3,36)37/h4-7,10-14,22,33,35H,8-9H2,1-3H3,(H,32,34)/t13-,14+,22+,26+/m0/s1. The summed E-state index contributed by atoms with van der Waals surface area (Å²) in [6, 6.07) is 4.65. The van der Waals surface area contributed by atoms with Crippen LogP contribution in [0.5, 0.6) is 0 Å². The fourth-order valence-corrected chi connectivity index (χ4v) is 5.27. The Balaban J connectivity index is 1.65. The fourth-order valence-electron chi connectivity index (χ4n) is 4.64. The Morgan fingerprint density at radius 3 is 2.37 bits per heavy atom. The number of carbonyl (C=O) groups is 1. The number of nitrogens with one attached hydrogen (secondary N) is 1. The van der Waals surface area contributed by atoms with E-state index in [1.807, 2.05) is 6.92 Å². The van der Waals surface area contributed by atoms with Crippen LogP contribution in [0.25, 0.3) is 11.3 Å². The number of halogens is 3. The Hall–Kier alpha value is -3.35. The molecule has 1 amide bonds. The van der Waals surface area contributed by atoms with Gasteiger partial charge < -0.3 is 15.5 Å². The first-order valence-electron chi connectivity index (χ1n) is 11.7. The summed E-state index contributed by atoms with van der Waals surface area (Å²) in [7, 11) is -3.93. The van der Waals surface area contributed by atoms with Gasteiger partial charge in [-0.15, -0.1) is 0 Å². The molecule has 1 aliphatic carbocycles. The molecule has 0 bridgehead atoms. The highest BCUT2D eigenvalue weighted by Crippen LogP contribution is 2.43. The van der Waals surface area contributed by atoms with Crippen LogP contribution < -0.4 is 5.32 Å². The summed E-state index contributed by atoms with van der Waals surface area (Å²) in [6.07, 6.45) is 3.46. The maximum atomic E-state index is 14.7. The van der Waals surface area contributed by atoms with E-state index in [1.54, 1.807) is 13.0 Å². The second-order valence-corrected chi connectivity index (χ2v) is 11.8. The monoisotopic (exact) mass is 549 g/mol. The molecule has 0 unspecified atom stereocenters. The first-order valence-corrected chi connectivity index (χ1v) is 13.6. The van der Waals surface area contributed by atoms with Crippen LogP contribution in [0, 0.1) is 23.4 Å². The molecule has 3 N–H and O–H groups in total. The smallest absolute Gasteiger partial charge is 0.274 e. The van der Waals surface area contributed by atoms with Gasteiger partial charge >= 0.3 is 0 Å². The number of aliphatic hydroxyl groups excluding tert-OH is 1. The van der Waals surface area contributed by atoms with Crippen molar-refractivity contribution in [1.29, 1.82) is 0 Å². The van der Waals surface area contributed by atoms with E-state index in [9.17, 15) is 36.6 Å². The predicted molar refractivity (Wildman–Crippen MR) is 133 cm³/mol. The SMILES string of the molecule is C[C@H]1C[C@@H](c2ccncc2NC(=O)c2ccc(F)c(-c3c(F)cc(S(C)(=O)=O)cc3F)n2)C[C@@H](O)[C@]1(C)O. The van der Waals surface area contributed by atoms with Gasteiger partial charge in [0, 0.05) is 12.5 Å². The van der Waals surface area contributed by atoms with Crippen molar-refractivity contribution < 1.29 is 36.6 Å². The summed E-state index contributed by atoms with van der Waals surface area (Å²) >= 11 is 0. The Labute approximate surface area is 217 Å². The van der Waals surface area contributed by atoms with E-state index in [1.165, 1.54) is 12.4 Å². The summed E-state index contributed by atoms with van der Waals surface area (Å²) in [5.74, 6) is -5.11. The third-order valence-corrected chi connectivity index (χ3v) is 8.21. The highest BCUT2D eigenvalue weighted by atomic mass is 32.2. The average molecular weight is 550 g/mol. The van der Waals surface area contributed by atoms with Crippen molar-refractivity contribution in [2.75, 3.05) is 11.6 Å². The lowest BCUT2D eigenvalue weighted by Crippen LogP contribution is -2.49. The van der Waals surface area contributed by atoms with Crippen molar-refractivity contribution in [1.82, 2.24) is 9.97 Å². The number of hydrogen-bond donors (Lipinski definition) is 3. The molecule has 3 aromatic rings. The van der Waals surface area contributed by atoms with Crippen LogP contribution in [0.2, 0.25) is 0 Å². The lowest BCUT2D eigenvalue weighted by molar-refractivity contribution is -0.123. The number of nitrogens with zero attached hydrogens (tertiary/aromatic N) is 2. The van der Waals surface area contributed by atoms with Gasteiger partial charge in [0.05, 0.1) is 34.0 Å². The van der Waals surface area contributed by atoms with Crippen LogP contribution in [-0.4, -0.2) is 52.5 Å². The van der Waals surface area contributed by atoms with Crippen LogP contribution in [0.15, 0.2) is 47.6 Å². The van der Waals surface area contributed by atoms with Crippen molar-refractivity contribution >= 4 is 21.4 Å². The lowest BCUT2D eigenvalue weighted by atomic mass is 9.69. The molecule has 8 nitrogen and oxygen atoms in total. The van der Waals surface area contributed by atoms with Crippen molar-refractivity contribution in [2.24, 2.45) is 5.92 Å². The van der Waals surface area contributed by atoms with Crippen LogP contribution >= 0.6 is 0 Å². The molecule has 4 rings (SSSR count). The number of aliphatic hydroxyl groups is 2. The fraction of sp³-hybridized carbons (Fsp3) is 0.346. The molecular formula is C26H26F3N3O5S. The molecule has 4 atom stereocenters. The van der Waals surface area contributed by atoms with Crippen LogP contribution in [0.3, 0.4) is 0 Å². The zero-order chi connectivity index (χ0) is 28.0. The van der Waals surface area contributed by atoms with Gasteiger partial charge in [-0.05, 0) is 67.5 Å². The van der Waals surface area contributed by atoms with Crippen molar-refractivity contribution in [3.63, 3.8) is 0 Å². The number of benzene rings is 1. The number of sulfone groups is 1. The summed E-state index contributed by atoms with van der Waals surface area (Å²) in [5, 5.41) is 23.6. The maximum Gasteiger partial charge on any atom is 0.274 e. The van der Waals surface area contributed by atoms with E-state index >= 15 is 0 Å². The summed E-state index contributed by atoms with van der Waals surface area (Å²) in [6.45, 7) is 3.39. The third kappa shape index (κ3) is 5.29. The van der Waals surface area contributed by atoms with E-state index in [0.717, 1.165) is 18.4 Å². The molecule has 2 heterocycles. The van der Waals surface area contributed by atoms with E-state index in [4.69, 9.17) is 0 Å². The molecule has 0 radical (unpaired) electrons. The van der Waals surface area contributed by atoms with Gasteiger partial charge in [-0.25, -0.2) is 26.6 Å². The predicted octanol–water partition coefficient (Wildman–Crippen LogP) is 3.84. The number of rotatable bonds is 5. The molecule has 0 saturated heterocycles. The van der Waals surface area contributed by atoms with Gasteiger partial charge in [-0.1, -0.05) is 6.92 Å². The minimum Gasteiger partial charge on any atom is -0.390 e. The van der Waals surface area contributed by atoms with E-state index in [0.29, 0.717) is 29.8 Å². The summed E-state index contributed by atoms with van der Waals surface area (Å²) in [4.78, 5) is 20.3. The van der Waals surface area contributed by atoms with E-state index < -0.39 is 61.1 Å². The minimum absolute atomic E-state index is 0.216. The largest absolute Gasteiger partial charge is 0.390 e. The van der Waals surface area contributed by atoms with Crippen LogP contribution in [0.4, 0.5) is 18.9 Å². The zero-order valence-corrected chi connectivity index (χ0v) is 21.6. The van der Waals surface area contributed by atoms with Gasteiger partial charge in [0.2, 0.25) is 0 Å². The van der Waals surface area contributed by atoms with Crippen molar-refractivity contribution in [3.8, 4) is 11.3 Å². The van der Waals surface area contributed by atoms with Gasteiger partial charge in [0.1, 0.15) is 28.8 Å². The Morgan fingerprint density at radius 1 is 1.11 bits per heavy atom. The topological polar surface area (TPSA) is 129 Å². The molecule has 202 valence electrons. The Kier molecular flexibility index (Phi) is 7.34. The second-order valence-electron chi connectivity index (χ2n) is 9.79. The quantitative estimate of drug-likeness (QED) is 0.441. The highest BCUT2D eigenvalue weighted by Gasteiger charge is 2.43. The number of aromatic nitrogens is 2. The third-order valence-electron chi connectivity index (χ3n) is 7.12. The summed E-state index contributed by atoms with van der Waals surface area (Å²) < 4.78 is 67.3. The Bertz CT molecular complexity index is 1480. The van der Waals surface area contributed by atoms with Crippen LogP contribution in [-0.2, 0) is 9.84 Å². The number of carbonyl (C=O) groups excluding carboxylic acids is 1. The number of anilines is 1. The normalized spacial score (nSPS) is 23.7. The molecule has 2 aromatic heterocycles. The number of pyridine rings is 2. The van der Waals surface area contributed by atoms with Crippen LogP contribution in [0.1, 0.15) is 48.7 Å². The van der Waals surface area contributed by atoms with Gasteiger partial charge in [0.25, 0.3) is 5.91 Å². The zero-order valence-electron chi connectivity index (χ0n) is 20.7. The van der Waals surface area contributed by atoms with Crippen molar-refractivity contribution in [2.45, 2.75) is 49.2 Å². The van der Waals surface area contributed by atoms with Gasteiger partial charge in [-0.3, -0.25) is 9.78 Å². The molecule has 1 fully saturated rings. The average Bonchev–Trinajstić information content (AvgIpc) is 2.83. The highest BCUT2D eigenvalue weighted by molar-refractivity contribution is 7.90. The van der Waals surface area contributed by atoms with E-state index in [-0.39, 0.29) is 24.0 Å². The Morgan fingerprint density at radius 2 is 1.76 bits per heavy atom. The molecule has 0 spiro atoms. The molecule has 1 aliphatic rings. The van der Waals surface area contributed by atoms with Gasteiger partial charge in [0.15, 0.2) is 9.84 Å². The van der Waals surface area contributed by atoms with E-state index in [2.05, 4.69) is 15.3 Å². The molecule has 1 saturated carbocycles. The molecule has 0 aliphatic heterocycles. The summed E-state index contributed by atoms with van der Waals surface area (Å²) in [5.41, 5.74) is -2.38. The number of hydrogen-bond acceptors (Lipinski definition) is 7. The first-order chi connectivity index (χ1) is 17.7. The van der Waals surface area contributed by atoms with Gasteiger partial charge in [-0.2, -0.15) is 0 Å². The number of amides is 1. The first kappa shape index (κ1) is 27.7. The lowest BCUT2D eigenvalue weighted by Gasteiger charge is -2.43. The van der Waals surface area contributed by atoms with Crippen molar-refractivity contribution in [3.05, 3.63) is 71.4 Å². The maximum absolute atomic E-state index is 14.7. The second kappa shape index (κ2) is 10.1. The molecular weight excluding hydrogens is 523 g/mol. The molecule has 38 heavy (non-hydrogen) atoms.